The van der Waals surface area contributed by atoms with Gasteiger partial charge in [0.1, 0.15) is 0 Å². The first-order chi connectivity index (χ1) is 10.0. The van der Waals surface area contributed by atoms with Crippen molar-refractivity contribution in [3.63, 3.8) is 0 Å². The Kier molecular flexibility index (Phi) is 4.02. The second kappa shape index (κ2) is 5.79. The van der Waals surface area contributed by atoms with Crippen molar-refractivity contribution in [2.45, 2.75) is 32.2 Å². The first-order valence-corrected chi connectivity index (χ1v) is 8.18. The third-order valence-corrected chi connectivity index (χ3v) is 5.18. The minimum absolute atomic E-state index is 0.0714. The smallest absolute Gasteiger partial charge is 0.220 e. The van der Waals surface area contributed by atoms with E-state index in [9.17, 15) is 9.59 Å². The van der Waals surface area contributed by atoms with Crippen LogP contribution in [0.3, 0.4) is 0 Å². The van der Waals surface area contributed by atoms with Gasteiger partial charge in [-0.15, -0.1) is 0 Å². The van der Waals surface area contributed by atoms with Gasteiger partial charge in [0.2, 0.25) is 5.91 Å². The van der Waals surface area contributed by atoms with Gasteiger partial charge in [-0.05, 0) is 59.8 Å². The van der Waals surface area contributed by atoms with E-state index in [1.165, 1.54) is 0 Å². The van der Waals surface area contributed by atoms with E-state index in [0.29, 0.717) is 18.4 Å². The van der Waals surface area contributed by atoms with Crippen molar-refractivity contribution in [3.8, 4) is 0 Å². The largest absolute Gasteiger partial charge is 0.371 e. The fourth-order valence-corrected chi connectivity index (χ4v) is 3.98. The molecule has 0 aromatic heterocycles. The van der Waals surface area contributed by atoms with Gasteiger partial charge in [-0.25, -0.2) is 0 Å². The molecule has 3 rings (SSSR count). The molecule has 1 N–H and O–H groups in total. The molecule has 2 aliphatic rings. The molecule has 2 atom stereocenters. The number of amides is 1. The Labute approximate surface area is 133 Å². The van der Waals surface area contributed by atoms with Crippen molar-refractivity contribution in [2.75, 3.05) is 18.0 Å². The maximum Gasteiger partial charge on any atom is 0.220 e. The van der Waals surface area contributed by atoms with Gasteiger partial charge in [0.05, 0.1) is 0 Å². The highest BCUT2D eigenvalue weighted by molar-refractivity contribution is 9.10. The quantitative estimate of drug-likeness (QED) is 0.834. The number of hydrogen-bond donors (Lipinski definition) is 1. The molecule has 2 heterocycles. The van der Waals surface area contributed by atoms with Crippen LogP contribution >= 0.6 is 15.9 Å². The summed E-state index contributed by atoms with van der Waals surface area (Å²) in [5.41, 5.74) is 1.86. The van der Waals surface area contributed by atoms with Crippen LogP contribution in [-0.2, 0) is 4.79 Å². The number of piperidine rings is 2. The summed E-state index contributed by atoms with van der Waals surface area (Å²) < 4.78 is 0.853. The molecular weight excluding hydrogens is 332 g/mol. The lowest BCUT2D eigenvalue weighted by atomic mass is 9.85. The average molecular weight is 351 g/mol. The second-order valence-corrected chi connectivity index (χ2v) is 6.78. The number of halogens is 1. The van der Waals surface area contributed by atoms with E-state index < -0.39 is 0 Å². The van der Waals surface area contributed by atoms with Crippen molar-refractivity contribution in [1.29, 1.82) is 0 Å². The lowest BCUT2D eigenvalue weighted by Crippen LogP contribution is -2.54. The molecule has 0 radical (unpaired) electrons. The first-order valence-electron chi connectivity index (χ1n) is 7.39. The number of fused-ring (bicyclic) bond motifs is 1. The van der Waals surface area contributed by atoms with E-state index in [-0.39, 0.29) is 11.7 Å². The number of anilines is 1. The molecule has 21 heavy (non-hydrogen) atoms. The van der Waals surface area contributed by atoms with Crippen LogP contribution in [0.2, 0.25) is 0 Å². The molecule has 2 saturated heterocycles. The molecule has 0 bridgehead atoms. The Bertz CT molecular complexity index is 588. The minimum Gasteiger partial charge on any atom is -0.371 e. The van der Waals surface area contributed by atoms with E-state index in [1.807, 2.05) is 18.2 Å². The predicted octanol–water partition coefficient (Wildman–Crippen LogP) is 2.76. The van der Waals surface area contributed by atoms with Gasteiger partial charge >= 0.3 is 0 Å². The molecule has 1 aromatic carbocycles. The molecule has 4 nitrogen and oxygen atoms in total. The molecule has 0 saturated carbocycles. The number of carbonyl (C=O) groups excluding carboxylic acids is 2. The molecule has 0 aliphatic carbocycles. The zero-order valence-electron chi connectivity index (χ0n) is 12.1. The van der Waals surface area contributed by atoms with E-state index in [4.69, 9.17) is 0 Å². The van der Waals surface area contributed by atoms with Crippen LogP contribution in [0.15, 0.2) is 22.7 Å². The minimum atomic E-state index is 0.0714. The number of carbonyl (C=O) groups is 2. The molecule has 112 valence electrons. The number of nitrogens with one attached hydrogen (secondary N) is 1. The number of hydrogen-bond acceptors (Lipinski definition) is 3. The van der Waals surface area contributed by atoms with E-state index in [1.54, 1.807) is 6.92 Å². The zero-order valence-corrected chi connectivity index (χ0v) is 13.6. The van der Waals surface area contributed by atoms with Crippen LogP contribution < -0.4 is 10.2 Å². The van der Waals surface area contributed by atoms with Crippen molar-refractivity contribution in [2.24, 2.45) is 5.92 Å². The van der Waals surface area contributed by atoms with Gasteiger partial charge in [-0.1, -0.05) is 0 Å². The third kappa shape index (κ3) is 2.98. The van der Waals surface area contributed by atoms with E-state index >= 15 is 0 Å². The van der Waals surface area contributed by atoms with Crippen LogP contribution in [0.1, 0.15) is 36.5 Å². The van der Waals surface area contributed by atoms with E-state index in [2.05, 4.69) is 26.1 Å². The van der Waals surface area contributed by atoms with Gasteiger partial charge < -0.3 is 10.2 Å². The summed E-state index contributed by atoms with van der Waals surface area (Å²) in [7, 11) is 0. The van der Waals surface area contributed by atoms with Gasteiger partial charge in [0.25, 0.3) is 0 Å². The fraction of sp³-hybridized carbons (Fsp3) is 0.500. The fourth-order valence-electron chi connectivity index (χ4n) is 3.33. The molecule has 2 aliphatic heterocycles. The highest BCUT2D eigenvalue weighted by Gasteiger charge is 2.33. The van der Waals surface area contributed by atoms with Crippen LogP contribution in [0.25, 0.3) is 0 Å². The zero-order chi connectivity index (χ0) is 15.0. The Morgan fingerprint density at radius 3 is 2.90 bits per heavy atom. The Morgan fingerprint density at radius 1 is 1.38 bits per heavy atom. The topological polar surface area (TPSA) is 49.4 Å². The van der Waals surface area contributed by atoms with Gasteiger partial charge in [-0.2, -0.15) is 0 Å². The molecule has 5 heteroatoms. The number of rotatable bonds is 2. The normalized spacial score (nSPS) is 25.2. The summed E-state index contributed by atoms with van der Waals surface area (Å²) in [6.45, 7) is 3.49. The van der Waals surface area contributed by atoms with Crippen molar-refractivity contribution < 1.29 is 9.59 Å². The summed E-state index contributed by atoms with van der Waals surface area (Å²) in [6, 6.07) is 6.26. The Morgan fingerprint density at radius 2 is 2.19 bits per heavy atom. The molecular formula is C16H19BrN2O2. The van der Waals surface area contributed by atoms with Crippen LogP contribution in [0, 0.1) is 5.92 Å². The third-order valence-electron chi connectivity index (χ3n) is 4.52. The molecule has 2 unspecified atom stereocenters. The summed E-state index contributed by atoms with van der Waals surface area (Å²) >= 11 is 3.49. The van der Waals surface area contributed by atoms with Crippen LogP contribution in [0.4, 0.5) is 5.69 Å². The number of nitrogens with zero attached hydrogens (tertiary/aromatic N) is 1. The van der Waals surface area contributed by atoms with Crippen LogP contribution in [0.5, 0.6) is 0 Å². The predicted molar refractivity (Wildman–Crippen MR) is 85.6 cm³/mol. The maximum absolute atomic E-state index is 11.5. The molecule has 0 spiro atoms. The summed E-state index contributed by atoms with van der Waals surface area (Å²) in [6.07, 6.45) is 2.60. The molecule has 2 fully saturated rings. The van der Waals surface area contributed by atoms with E-state index in [0.717, 1.165) is 41.7 Å². The number of Topliss-reactive ketones (excluding diaryl/α,β-unsaturated/α-hetero) is 1. The van der Waals surface area contributed by atoms with Gasteiger partial charge in [0, 0.05) is 41.3 Å². The maximum atomic E-state index is 11.5. The molecule has 1 aromatic rings. The summed E-state index contributed by atoms with van der Waals surface area (Å²) in [5.74, 6) is 0.795. The van der Waals surface area contributed by atoms with Gasteiger partial charge in [0.15, 0.2) is 5.78 Å². The monoisotopic (exact) mass is 350 g/mol. The van der Waals surface area contributed by atoms with Crippen molar-refractivity contribution in [3.05, 3.63) is 28.2 Å². The highest BCUT2D eigenvalue weighted by atomic mass is 79.9. The SMILES string of the molecule is CC(=O)c1ccc(N2CCC3NC(=O)CCC3C2)cc1Br. The highest BCUT2D eigenvalue weighted by Crippen LogP contribution is 2.31. The summed E-state index contributed by atoms with van der Waals surface area (Å²) in [4.78, 5) is 25.3. The van der Waals surface area contributed by atoms with Crippen LogP contribution in [-0.4, -0.2) is 30.8 Å². The number of ketones is 1. The molecule has 1 amide bonds. The van der Waals surface area contributed by atoms with Crippen molar-refractivity contribution >= 4 is 33.3 Å². The lowest BCUT2D eigenvalue weighted by Gasteiger charge is -2.42. The second-order valence-electron chi connectivity index (χ2n) is 5.93. The number of benzene rings is 1. The standard InChI is InChI=1S/C16H19BrN2O2/c1-10(20)13-4-3-12(8-14(13)17)19-7-6-15-11(9-19)2-5-16(21)18-15/h3-4,8,11,15H,2,5-7,9H2,1H3,(H,18,21). The summed E-state index contributed by atoms with van der Waals surface area (Å²) in [5, 5.41) is 3.11. The average Bonchev–Trinajstić information content (AvgIpc) is 2.46. The lowest BCUT2D eigenvalue weighted by molar-refractivity contribution is -0.124. The Hall–Kier alpha value is -1.36. The van der Waals surface area contributed by atoms with Gasteiger partial charge in [-0.3, -0.25) is 9.59 Å². The Balaban J connectivity index is 1.75. The van der Waals surface area contributed by atoms with Crippen molar-refractivity contribution in [1.82, 2.24) is 5.32 Å². The first kappa shape index (κ1) is 14.6.